The first kappa shape index (κ1) is 25.4. The maximum Gasteiger partial charge on any atom is 0.321 e. The van der Waals surface area contributed by atoms with Crippen LogP contribution in [0.3, 0.4) is 0 Å². The monoisotopic (exact) mass is 504 g/mol. The molecule has 194 valence electrons. The first-order chi connectivity index (χ1) is 18.0. The van der Waals surface area contributed by atoms with E-state index in [9.17, 15) is 9.18 Å². The van der Waals surface area contributed by atoms with Gasteiger partial charge in [0.15, 0.2) is 6.23 Å². The predicted octanol–water partition coefficient (Wildman–Crippen LogP) is 4.55. The molecular formula is C30H33FN2O4. The van der Waals surface area contributed by atoms with E-state index in [1.54, 1.807) is 14.2 Å². The summed E-state index contributed by atoms with van der Waals surface area (Å²) in [6, 6.07) is 24.1. The van der Waals surface area contributed by atoms with E-state index < -0.39 is 11.6 Å². The lowest BCUT2D eigenvalue weighted by Gasteiger charge is -2.39. The summed E-state index contributed by atoms with van der Waals surface area (Å²) >= 11 is 0. The number of rotatable bonds is 9. The van der Waals surface area contributed by atoms with Gasteiger partial charge in [-0.15, -0.1) is 0 Å². The average Bonchev–Trinajstić information content (AvgIpc) is 3.70. The van der Waals surface area contributed by atoms with Crippen LogP contribution in [0, 0.1) is 5.82 Å². The highest BCUT2D eigenvalue weighted by Crippen LogP contribution is 2.52. The molecule has 1 unspecified atom stereocenters. The van der Waals surface area contributed by atoms with Crippen molar-refractivity contribution in [1.82, 2.24) is 9.80 Å². The molecule has 7 heteroatoms. The van der Waals surface area contributed by atoms with Gasteiger partial charge in [-0.2, -0.15) is 0 Å². The zero-order valence-electron chi connectivity index (χ0n) is 21.3. The van der Waals surface area contributed by atoms with Crippen LogP contribution < -0.4 is 4.74 Å². The number of ether oxygens (including phenoxy) is 3. The van der Waals surface area contributed by atoms with Crippen LogP contribution in [0.25, 0.3) is 0 Å². The Morgan fingerprint density at radius 2 is 1.62 bits per heavy atom. The molecule has 1 aliphatic heterocycles. The molecule has 1 saturated heterocycles. The van der Waals surface area contributed by atoms with Gasteiger partial charge < -0.3 is 14.2 Å². The van der Waals surface area contributed by atoms with Crippen LogP contribution in [0.2, 0.25) is 0 Å². The molecule has 6 nitrogen and oxygen atoms in total. The van der Waals surface area contributed by atoms with E-state index in [0.717, 1.165) is 55.2 Å². The highest BCUT2D eigenvalue weighted by molar-refractivity contribution is 5.88. The fourth-order valence-corrected chi connectivity index (χ4v) is 5.22. The molecule has 3 aromatic carbocycles. The van der Waals surface area contributed by atoms with Crippen molar-refractivity contribution in [2.75, 3.05) is 40.4 Å². The molecule has 5 rings (SSSR count). The van der Waals surface area contributed by atoms with Gasteiger partial charge in [0, 0.05) is 45.4 Å². The van der Waals surface area contributed by atoms with Crippen LogP contribution in [-0.2, 0) is 26.2 Å². The molecule has 3 aromatic rings. The van der Waals surface area contributed by atoms with E-state index in [2.05, 4.69) is 9.80 Å². The Morgan fingerprint density at radius 1 is 0.946 bits per heavy atom. The van der Waals surface area contributed by atoms with E-state index in [0.29, 0.717) is 6.42 Å². The summed E-state index contributed by atoms with van der Waals surface area (Å²) in [6.45, 7) is 3.90. The standard InChI is InChI=1S/C30H33FN2O4/c1-35-26-14-10-24(11-15-26)30(20-27(30)36-2)29(34)37-28(23-6-4-3-5-7-23)33-18-16-32(17-19-33)21-22-8-12-25(31)13-9-22/h3-15,27-28H,16-21H2,1-2H3/t27-,28?,30-/m1/s1. The van der Waals surface area contributed by atoms with Crippen molar-refractivity contribution in [2.24, 2.45) is 0 Å². The van der Waals surface area contributed by atoms with Crippen LogP contribution in [0.4, 0.5) is 4.39 Å². The van der Waals surface area contributed by atoms with Gasteiger partial charge in [0.05, 0.1) is 13.2 Å². The van der Waals surface area contributed by atoms with Crippen LogP contribution >= 0.6 is 0 Å². The minimum atomic E-state index is -0.821. The molecule has 1 saturated carbocycles. The highest BCUT2D eigenvalue weighted by atomic mass is 19.1. The molecular weight excluding hydrogens is 471 g/mol. The van der Waals surface area contributed by atoms with E-state index >= 15 is 0 Å². The van der Waals surface area contributed by atoms with Crippen LogP contribution in [0.15, 0.2) is 78.9 Å². The first-order valence-electron chi connectivity index (χ1n) is 12.7. The number of hydrogen-bond acceptors (Lipinski definition) is 6. The summed E-state index contributed by atoms with van der Waals surface area (Å²) in [5.41, 5.74) is 2.09. The third-order valence-electron chi connectivity index (χ3n) is 7.51. The number of hydrogen-bond donors (Lipinski definition) is 0. The number of carbonyl (C=O) groups excluding carboxylic acids is 1. The van der Waals surface area contributed by atoms with E-state index in [-0.39, 0.29) is 17.9 Å². The minimum Gasteiger partial charge on any atom is -0.497 e. The van der Waals surface area contributed by atoms with Crippen molar-refractivity contribution in [1.29, 1.82) is 0 Å². The van der Waals surface area contributed by atoms with Gasteiger partial charge in [-0.1, -0.05) is 54.6 Å². The maximum absolute atomic E-state index is 13.8. The van der Waals surface area contributed by atoms with Crippen molar-refractivity contribution in [3.63, 3.8) is 0 Å². The van der Waals surface area contributed by atoms with Crippen molar-refractivity contribution >= 4 is 5.97 Å². The number of piperazine rings is 1. The molecule has 2 fully saturated rings. The van der Waals surface area contributed by atoms with E-state index in [1.807, 2.05) is 66.7 Å². The molecule has 1 heterocycles. The summed E-state index contributed by atoms with van der Waals surface area (Å²) in [5.74, 6) is 0.245. The van der Waals surface area contributed by atoms with Crippen LogP contribution in [0.5, 0.6) is 5.75 Å². The van der Waals surface area contributed by atoms with Crippen LogP contribution in [0.1, 0.15) is 29.3 Å². The summed E-state index contributed by atoms with van der Waals surface area (Å²) in [4.78, 5) is 18.4. The zero-order chi connectivity index (χ0) is 25.8. The van der Waals surface area contributed by atoms with Gasteiger partial charge in [0.25, 0.3) is 0 Å². The first-order valence-corrected chi connectivity index (χ1v) is 12.7. The molecule has 0 bridgehead atoms. The molecule has 3 atom stereocenters. The second kappa shape index (κ2) is 11.0. The topological polar surface area (TPSA) is 51.2 Å². The van der Waals surface area contributed by atoms with Gasteiger partial charge in [0.1, 0.15) is 17.0 Å². The fraction of sp³-hybridized carbons (Fsp3) is 0.367. The molecule has 0 N–H and O–H groups in total. The Hall–Kier alpha value is -3.26. The second-order valence-electron chi connectivity index (χ2n) is 9.74. The van der Waals surface area contributed by atoms with Gasteiger partial charge in [-0.25, -0.2) is 4.39 Å². The Bertz CT molecular complexity index is 1180. The number of halogens is 1. The number of carbonyl (C=O) groups is 1. The molecule has 37 heavy (non-hydrogen) atoms. The third-order valence-corrected chi connectivity index (χ3v) is 7.51. The zero-order valence-corrected chi connectivity index (χ0v) is 21.3. The molecule has 0 radical (unpaired) electrons. The summed E-state index contributed by atoms with van der Waals surface area (Å²) in [7, 11) is 3.26. The minimum absolute atomic E-state index is 0.222. The average molecular weight is 505 g/mol. The molecule has 0 spiro atoms. The largest absolute Gasteiger partial charge is 0.497 e. The number of nitrogens with zero attached hydrogens (tertiary/aromatic N) is 2. The van der Waals surface area contributed by atoms with Crippen molar-refractivity contribution in [3.05, 3.63) is 101 Å². The Kier molecular flexibility index (Phi) is 7.55. The van der Waals surface area contributed by atoms with Crippen molar-refractivity contribution in [3.8, 4) is 5.75 Å². The molecule has 1 aliphatic carbocycles. The number of methoxy groups -OCH3 is 2. The Morgan fingerprint density at radius 3 is 2.22 bits per heavy atom. The van der Waals surface area contributed by atoms with Gasteiger partial charge >= 0.3 is 5.97 Å². The molecule has 0 amide bonds. The van der Waals surface area contributed by atoms with Crippen molar-refractivity contribution in [2.45, 2.75) is 30.7 Å². The summed E-state index contributed by atoms with van der Waals surface area (Å²) in [6.07, 6.45) is -0.131. The number of esters is 1. The quantitative estimate of drug-likeness (QED) is 0.399. The Balaban J connectivity index is 1.31. The predicted molar refractivity (Wildman–Crippen MR) is 139 cm³/mol. The van der Waals surface area contributed by atoms with Gasteiger partial charge in [0.2, 0.25) is 0 Å². The van der Waals surface area contributed by atoms with Gasteiger partial charge in [-0.3, -0.25) is 14.6 Å². The summed E-state index contributed by atoms with van der Waals surface area (Å²) < 4.78 is 30.5. The fourth-order valence-electron chi connectivity index (χ4n) is 5.22. The lowest BCUT2D eigenvalue weighted by atomic mass is 9.95. The normalized spacial score (nSPS) is 22.8. The summed E-state index contributed by atoms with van der Waals surface area (Å²) in [5, 5.41) is 0. The molecule has 0 aromatic heterocycles. The lowest BCUT2D eigenvalue weighted by molar-refractivity contribution is -0.167. The molecule has 2 aliphatic rings. The third kappa shape index (κ3) is 5.39. The van der Waals surface area contributed by atoms with Gasteiger partial charge in [-0.05, 0) is 41.8 Å². The van der Waals surface area contributed by atoms with E-state index in [4.69, 9.17) is 14.2 Å². The lowest BCUT2D eigenvalue weighted by Crippen LogP contribution is -2.48. The van der Waals surface area contributed by atoms with Crippen LogP contribution in [-0.4, -0.2) is 62.3 Å². The van der Waals surface area contributed by atoms with E-state index in [1.165, 1.54) is 12.1 Å². The highest BCUT2D eigenvalue weighted by Gasteiger charge is 2.64. The number of benzene rings is 3. The van der Waals surface area contributed by atoms with Crippen molar-refractivity contribution < 1.29 is 23.4 Å². The SMILES string of the molecule is COc1ccc([C@]2(C(=O)OC(c3ccccc3)N3CCN(Cc4ccc(F)cc4)CC3)C[C@H]2OC)cc1. The second-order valence-corrected chi connectivity index (χ2v) is 9.74. The maximum atomic E-state index is 13.8. The Labute approximate surface area is 217 Å². The smallest absolute Gasteiger partial charge is 0.321 e.